The lowest BCUT2D eigenvalue weighted by Crippen LogP contribution is -3.00. The molecule has 0 saturated heterocycles. The molecule has 0 bridgehead atoms. The zero-order chi connectivity index (χ0) is 39.1. The Morgan fingerprint density at radius 3 is 1.15 bits per heavy atom. The zero-order valence-corrected chi connectivity index (χ0v) is 39.2. The second kappa shape index (κ2) is 36.7. The SMILES string of the molecule is CCC(C)CCCCCCC(=O)N(C)CCC[N+](C)(C)CCCNCCCCNCCC[N+](C)(C)CCCN(C)C(=O)CCCCCCC(C)CC.[Cl-].[Cl-]. The Kier molecular flexibility index (Phi) is 39.2. The first-order chi connectivity index (χ1) is 24.7. The minimum absolute atomic E-state index is 0. The predicted octanol–water partition coefficient (Wildman–Crippen LogP) is 2.36. The third-order valence-electron chi connectivity index (χ3n) is 11.6. The van der Waals surface area contributed by atoms with Gasteiger partial charge in [0.05, 0.1) is 54.4 Å². The number of hydrogen-bond acceptors (Lipinski definition) is 4. The lowest BCUT2D eigenvalue weighted by Gasteiger charge is -2.31. The normalized spacial score (nSPS) is 12.9. The minimum atomic E-state index is 0. The third-order valence-corrected chi connectivity index (χ3v) is 11.6. The summed E-state index contributed by atoms with van der Waals surface area (Å²) in [6.45, 7) is 19.9. The van der Waals surface area contributed by atoms with Gasteiger partial charge in [-0.1, -0.05) is 91.9 Å². The van der Waals surface area contributed by atoms with Crippen LogP contribution in [0.2, 0.25) is 0 Å². The van der Waals surface area contributed by atoms with Crippen LogP contribution in [-0.4, -0.2) is 138 Å². The molecule has 0 aliphatic carbocycles. The van der Waals surface area contributed by atoms with Crippen molar-refractivity contribution in [1.29, 1.82) is 0 Å². The van der Waals surface area contributed by atoms with Crippen molar-refractivity contribution in [2.75, 3.05) is 108 Å². The maximum absolute atomic E-state index is 12.5. The molecule has 0 aromatic rings. The Labute approximate surface area is 350 Å². The zero-order valence-electron chi connectivity index (χ0n) is 37.7. The van der Waals surface area contributed by atoms with E-state index in [1.165, 1.54) is 103 Å². The van der Waals surface area contributed by atoms with Crippen LogP contribution in [0, 0.1) is 11.8 Å². The number of amides is 2. The molecule has 0 heterocycles. The molecular weight excluding hydrogens is 715 g/mol. The number of halogens is 2. The first-order valence-electron chi connectivity index (χ1n) is 22.3. The Bertz CT molecular complexity index is 795. The van der Waals surface area contributed by atoms with Gasteiger partial charge in [-0.05, 0) is 50.6 Å². The molecule has 8 nitrogen and oxygen atoms in total. The van der Waals surface area contributed by atoms with Gasteiger partial charge in [-0.3, -0.25) is 9.59 Å². The summed E-state index contributed by atoms with van der Waals surface area (Å²) in [6, 6.07) is 0. The summed E-state index contributed by atoms with van der Waals surface area (Å²) in [6.07, 6.45) is 23.2. The summed E-state index contributed by atoms with van der Waals surface area (Å²) in [5.74, 6) is 2.32. The van der Waals surface area contributed by atoms with Crippen molar-refractivity contribution in [2.24, 2.45) is 11.8 Å². The standard InChI is InChI=1S/C44H94N6O2.2ClH/c1-11-41(3)27-17-13-15-19-29-43(51)47(5)35-25-39-49(7,8)37-23-33-45-31-21-22-32-46-34-24-38-50(9,10)40-26-36-48(6)44(52)30-20-16-14-18-28-42(4)12-2;;/h41-42,45-46H,11-40H2,1-10H3;2*1H/q+2;;/p-2. The van der Waals surface area contributed by atoms with Gasteiger partial charge in [0, 0.05) is 78.8 Å². The fraction of sp³-hybridized carbons (Fsp3) is 0.955. The monoisotopic (exact) mass is 809 g/mol. The van der Waals surface area contributed by atoms with Crippen LogP contribution < -0.4 is 35.4 Å². The molecule has 0 aromatic carbocycles. The maximum Gasteiger partial charge on any atom is 0.222 e. The first-order valence-corrected chi connectivity index (χ1v) is 22.3. The highest BCUT2D eigenvalue weighted by Crippen LogP contribution is 2.15. The summed E-state index contributed by atoms with van der Waals surface area (Å²) >= 11 is 0. The van der Waals surface area contributed by atoms with Gasteiger partial charge in [-0.2, -0.15) is 0 Å². The summed E-state index contributed by atoms with van der Waals surface area (Å²) in [4.78, 5) is 29.0. The van der Waals surface area contributed by atoms with E-state index in [-0.39, 0.29) is 24.8 Å². The van der Waals surface area contributed by atoms with Gasteiger partial charge in [-0.15, -0.1) is 0 Å². The van der Waals surface area contributed by atoms with E-state index in [9.17, 15) is 9.59 Å². The van der Waals surface area contributed by atoms with Crippen molar-refractivity contribution in [3.63, 3.8) is 0 Å². The van der Waals surface area contributed by atoms with Crippen molar-refractivity contribution in [3.05, 3.63) is 0 Å². The fourth-order valence-corrected chi connectivity index (χ4v) is 6.99. The molecule has 0 aromatic heterocycles. The summed E-state index contributed by atoms with van der Waals surface area (Å²) in [5, 5.41) is 7.30. The van der Waals surface area contributed by atoms with Crippen LogP contribution in [0.5, 0.6) is 0 Å². The largest absolute Gasteiger partial charge is 1.00 e. The Balaban J connectivity index is -0.0000130. The van der Waals surface area contributed by atoms with Crippen molar-refractivity contribution in [2.45, 2.75) is 156 Å². The molecule has 10 heteroatoms. The molecule has 326 valence electrons. The van der Waals surface area contributed by atoms with E-state index < -0.39 is 0 Å². The number of nitrogens with zero attached hydrogens (tertiary/aromatic N) is 4. The van der Waals surface area contributed by atoms with Gasteiger partial charge >= 0.3 is 0 Å². The topological polar surface area (TPSA) is 64.7 Å². The third kappa shape index (κ3) is 35.8. The number of nitrogens with one attached hydrogen (secondary N) is 2. The van der Waals surface area contributed by atoms with E-state index in [1.54, 1.807) is 0 Å². The highest BCUT2D eigenvalue weighted by atomic mass is 35.5. The number of unbranched alkanes of at least 4 members (excludes halogenated alkanes) is 7. The number of carbonyl (C=O) groups is 2. The average molecular weight is 810 g/mol. The van der Waals surface area contributed by atoms with E-state index in [1.807, 2.05) is 23.9 Å². The van der Waals surface area contributed by atoms with Crippen LogP contribution in [0.25, 0.3) is 0 Å². The number of quaternary nitrogens is 2. The molecule has 0 spiro atoms. The van der Waals surface area contributed by atoms with Crippen LogP contribution in [0.15, 0.2) is 0 Å². The molecule has 2 amide bonds. The molecule has 2 N–H and O–H groups in total. The molecule has 2 unspecified atom stereocenters. The molecule has 2 atom stereocenters. The van der Waals surface area contributed by atoms with Crippen LogP contribution in [0.1, 0.15) is 156 Å². The smallest absolute Gasteiger partial charge is 0.222 e. The van der Waals surface area contributed by atoms with Gasteiger partial charge in [0.15, 0.2) is 0 Å². The van der Waals surface area contributed by atoms with E-state index in [4.69, 9.17) is 0 Å². The summed E-state index contributed by atoms with van der Waals surface area (Å²) in [7, 11) is 13.3. The van der Waals surface area contributed by atoms with Gasteiger partial charge < -0.3 is 54.2 Å². The van der Waals surface area contributed by atoms with Crippen molar-refractivity contribution < 1.29 is 43.4 Å². The van der Waals surface area contributed by atoms with Crippen LogP contribution in [0.3, 0.4) is 0 Å². The van der Waals surface area contributed by atoms with E-state index in [2.05, 4.69) is 66.5 Å². The molecular formula is C44H94Cl2N6O2. The molecule has 0 saturated carbocycles. The number of carbonyl (C=O) groups excluding carboxylic acids is 2. The minimum Gasteiger partial charge on any atom is -1.00 e. The highest BCUT2D eigenvalue weighted by molar-refractivity contribution is 5.76. The second-order valence-corrected chi connectivity index (χ2v) is 18.0. The van der Waals surface area contributed by atoms with Crippen LogP contribution in [0.4, 0.5) is 0 Å². The summed E-state index contributed by atoms with van der Waals surface area (Å²) in [5.41, 5.74) is 0. The lowest BCUT2D eigenvalue weighted by atomic mass is 10.00. The molecule has 0 fully saturated rings. The van der Waals surface area contributed by atoms with Gasteiger partial charge in [0.2, 0.25) is 11.8 Å². The summed E-state index contributed by atoms with van der Waals surface area (Å²) < 4.78 is 2.05. The Morgan fingerprint density at radius 1 is 0.481 bits per heavy atom. The van der Waals surface area contributed by atoms with Gasteiger partial charge in [0.1, 0.15) is 0 Å². The van der Waals surface area contributed by atoms with Crippen LogP contribution >= 0.6 is 0 Å². The maximum atomic E-state index is 12.5. The van der Waals surface area contributed by atoms with Crippen LogP contribution in [-0.2, 0) is 9.59 Å². The molecule has 0 rings (SSSR count). The van der Waals surface area contributed by atoms with Gasteiger partial charge in [-0.25, -0.2) is 0 Å². The lowest BCUT2D eigenvalue weighted by molar-refractivity contribution is -0.890. The highest BCUT2D eigenvalue weighted by Gasteiger charge is 2.17. The number of hydrogen-bond donors (Lipinski definition) is 2. The average Bonchev–Trinajstić information content (AvgIpc) is 3.10. The van der Waals surface area contributed by atoms with Crippen molar-refractivity contribution >= 4 is 11.8 Å². The van der Waals surface area contributed by atoms with E-state index in [0.29, 0.717) is 24.7 Å². The Hall–Kier alpha value is -0.640. The van der Waals surface area contributed by atoms with E-state index in [0.717, 1.165) is 98.8 Å². The molecule has 0 aliphatic heterocycles. The van der Waals surface area contributed by atoms with E-state index >= 15 is 0 Å². The van der Waals surface area contributed by atoms with Gasteiger partial charge in [0.25, 0.3) is 0 Å². The molecule has 54 heavy (non-hydrogen) atoms. The molecule has 0 aliphatic rings. The van der Waals surface area contributed by atoms with Crippen molar-refractivity contribution in [3.8, 4) is 0 Å². The Morgan fingerprint density at radius 2 is 0.796 bits per heavy atom. The number of rotatable bonds is 37. The predicted molar refractivity (Wildman–Crippen MR) is 227 cm³/mol. The first kappa shape index (κ1) is 57.7. The van der Waals surface area contributed by atoms with Crippen molar-refractivity contribution in [1.82, 2.24) is 20.4 Å². The quantitative estimate of drug-likeness (QED) is 0.0749. The fourth-order valence-electron chi connectivity index (χ4n) is 6.99. The second-order valence-electron chi connectivity index (χ2n) is 18.0. The molecule has 0 radical (unpaired) electrons.